The third-order valence-corrected chi connectivity index (χ3v) is 4.58. The third kappa shape index (κ3) is 2.93. The number of rotatable bonds is 3. The van der Waals surface area contributed by atoms with E-state index in [4.69, 9.17) is 4.74 Å². The van der Waals surface area contributed by atoms with Crippen LogP contribution < -0.4 is 10.1 Å². The molecule has 110 valence electrons. The number of hydrogen-bond acceptors (Lipinski definition) is 2. The molecule has 2 atom stereocenters. The molecule has 3 rings (SSSR count). The van der Waals surface area contributed by atoms with Crippen molar-refractivity contribution in [3.63, 3.8) is 0 Å². The van der Waals surface area contributed by atoms with Crippen LogP contribution in [0.5, 0.6) is 5.75 Å². The number of hydrogen-bond donors (Lipinski definition) is 1. The van der Waals surface area contributed by atoms with Crippen LogP contribution in [-0.4, -0.2) is 6.61 Å². The average Bonchev–Trinajstić information content (AvgIpc) is 2.51. The summed E-state index contributed by atoms with van der Waals surface area (Å²) in [7, 11) is 0. The molecule has 21 heavy (non-hydrogen) atoms. The Kier molecular flexibility index (Phi) is 4.20. The molecule has 0 amide bonds. The first-order valence-electron chi connectivity index (χ1n) is 7.45. The van der Waals surface area contributed by atoms with Crippen molar-refractivity contribution in [2.24, 2.45) is 5.92 Å². The molecule has 0 saturated heterocycles. The number of aryl methyl sites for hydroxylation is 1. The summed E-state index contributed by atoms with van der Waals surface area (Å²) < 4.78 is 6.96. The molecule has 0 spiro atoms. The van der Waals surface area contributed by atoms with E-state index in [1.54, 1.807) is 0 Å². The fraction of sp³-hybridized carbons (Fsp3) is 0.333. The second kappa shape index (κ2) is 6.10. The summed E-state index contributed by atoms with van der Waals surface area (Å²) in [5, 5.41) is 3.73. The van der Waals surface area contributed by atoms with Crippen molar-refractivity contribution in [3.05, 3.63) is 58.1 Å². The first kappa shape index (κ1) is 14.5. The molecule has 0 radical (unpaired) electrons. The highest BCUT2D eigenvalue weighted by molar-refractivity contribution is 9.10. The normalized spacial score (nSPS) is 20.5. The topological polar surface area (TPSA) is 21.3 Å². The number of ether oxygens (including phenoxy) is 1. The van der Waals surface area contributed by atoms with Crippen LogP contribution in [0, 0.1) is 5.92 Å². The van der Waals surface area contributed by atoms with Gasteiger partial charge < -0.3 is 10.1 Å². The Morgan fingerprint density at radius 1 is 1.24 bits per heavy atom. The van der Waals surface area contributed by atoms with Gasteiger partial charge in [-0.3, -0.25) is 0 Å². The highest BCUT2D eigenvalue weighted by Crippen LogP contribution is 2.38. The summed E-state index contributed by atoms with van der Waals surface area (Å²) in [6, 6.07) is 15.1. The van der Waals surface area contributed by atoms with Crippen LogP contribution in [0.4, 0.5) is 5.69 Å². The SMILES string of the molecule is CCc1cc(Br)ccc1NC1c2ccccc2OCC1C. The maximum Gasteiger partial charge on any atom is 0.124 e. The van der Waals surface area contributed by atoms with Crippen molar-refractivity contribution >= 4 is 21.6 Å². The molecule has 0 aliphatic carbocycles. The summed E-state index contributed by atoms with van der Waals surface area (Å²) in [5.41, 5.74) is 3.80. The monoisotopic (exact) mass is 345 g/mol. The average molecular weight is 346 g/mol. The van der Waals surface area contributed by atoms with Crippen molar-refractivity contribution in [3.8, 4) is 5.75 Å². The largest absolute Gasteiger partial charge is 0.493 e. The number of para-hydroxylation sites is 1. The van der Waals surface area contributed by atoms with Crippen molar-refractivity contribution in [2.45, 2.75) is 26.3 Å². The number of fused-ring (bicyclic) bond motifs is 1. The van der Waals surface area contributed by atoms with Gasteiger partial charge in [-0.25, -0.2) is 0 Å². The Morgan fingerprint density at radius 2 is 2.05 bits per heavy atom. The third-order valence-electron chi connectivity index (χ3n) is 4.08. The second-order valence-electron chi connectivity index (χ2n) is 5.60. The smallest absolute Gasteiger partial charge is 0.124 e. The van der Waals surface area contributed by atoms with Gasteiger partial charge in [0.25, 0.3) is 0 Å². The minimum atomic E-state index is 0.293. The minimum Gasteiger partial charge on any atom is -0.493 e. The molecule has 1 N–H and O–H groups in total. The van der Waals surface area contributed by atoms with Crippen molar-refractivity contribution in [1.29, 1.82) is 0 Å². The molecule has 0 bridgehead atoms. The van der Waals surface area contributed by atoms with Crippen LogP contribution in [0.3, 0.4) is 0 Å². The van der Waals surface area contributed by atoms with Gasteiger partial charge in [0, 0.05) is 21.6 Å². The van der Waals surface area contributed by atoms with E-state index in [1.807, 2.05) is 6.07 Å². The van der Waals surface area contributed by atoms with Crippen LogP contribution in [0.25, 0.3) is 0 Å². The van der Waals surface area contributed by atoms with Crippen LogP contribution in [0.2, 0.25) is 0 Å². The maximum atomic E-state index is 5.83. The second-order valence-corrected chi connectivity index (χ2v) is 6.52. The highest BCUT2D eigenvalue weighted by atomic mass is 79.9. The first-order valence-corrected chi connectivity index (χ1v) is 8.25. The summed E-state index contributed by atoms with van der Waals surface area (Å²) in [4.78, 5) is 0. The van der Waals surface area contributed by atoms with E-state index in [0.29, 0.717) is 12.0 Å². The van der Waals surface area contributed by atoms with E-state index in [9.17, 15) is 0 Å². The minimum absolute atomic E-state index is 0.293. The van der Waals surface area contributed by atoms with Gasteiger partial charge in [0.15, 0.2) is 0 Å². The molecule has 3 heteroatoms. The molecule has 2 unspecified atom stereocenters. The van der Waals surface area contributed by atoms with E-state index in [1.165, 1.54) is 16.8 Å². The molecule has 2 aromatic rings. The van der Waals surface area contributed by atoms with Gasteiger partial charge in [0.05, 0.1) is 12.6 Å². The van der Waals surface area contributed by atoms with Gasteiger partial charge in [0.2, 0.25) is 0 Å². The zero-order chi connectivity index (χ0) is 14.8. The predicted molar refractivity (Wildman–Crippen MR) is 91.0 cm³/mol. The Labute approximate surface area is 134 Å². The molecule has 0 fully saturated rings. The lowest BCUT2D eigenvalue weighted by molar-refractivity contribution is 0.214. The first-order chi connectivity index (χ1) is 10.2. The van der Waals surface area contributed by atoms with Crippen LogP contribution >= 0.6 is 15.9 Å². The van der Waals surface area contributed by atoms with E-state index >= 15 is 0 Å². The Balaban J connectivity index is 1.94. The number of halogens is 1. The van der Waals surface area contributed by atoms with Crippen LogP contribution in [0.1, 0.15) is 31.0 Å². The summed E-state index contributed by atoms with van der Waals surface area (Å²) in [6.07, 6.45) is 1.01. The van der Waals surface area contributed by atoms with Crippen LogP contribution in [0.15, 0.2) is 46.9 Å². The molecule has 2 nitrogen and oxygen atoms in total. The molecular weight excluding hydrogens is 326 g/mol. The van der Waals surface area contributed by atoms with Gasteiger partial charge in [-0.1, -0.05) is 48.0 Å². The number of nitrogens with one attached hydrogen (secondary N) is 1. The van der Waals surface area contributed by atoms with E-state index in [0.717, 1.165) is 23.2 Å². The molecule has 1 aliphatic heterocycles. The lowest BCUT2D eigenvalue weighted by Crippen LogP contribution is -2.29. The van der Waals surface area contributed by atoms with Gasteiger partial charge >= 0.3 is 0 Å². The Morgan fingerprint density at radius 3 is 2.86 bits per heavy atom. The van der Waals surface area contributed by atoms with Gasteiger partial charge in [-0.05, 0) is 36.2 Å². The summed E-state index contributed by atoms with van der Waals surface area (Å²) in [5.74, 6) is 1.44. The van der Waals surface area contributed by atoms with Crippen molar-refractivity contribution < 1.29 is 4.74 Å². The molecule has 0 aromatic heterocycles. The lowest BCUT2D eigenvalue weighted by Gasteiger charge is -2.33. The molecule has 1 heterocycles. The number of anilines is 1. The van der Waals surface area contributed by atoms with Gasteiger partial charge in [-0.2, -0.15) is 0 Å². The Bertz CT molecular complexity index is 641. The fourth-order valence-electron chi connectivity index (χ4n) is 2.88. The van der Waals surface area contributed by atoms with Crippen LogP contribution in [-0.2, 0) is 6.42 Å². The summed E-state index contributed by atoms with van der Waals surface area (Å²) >= 11 is 3.55. The molecule has 0 saturated carbocycles. The Hall–Kier alpha value is -1.48. The van der Waals surface area contributed by atoms with E-state index in [2.05, 4.69) is 71.5 Å². The van der Waals surface area contributed by atoms with E-state index < -0.39 is 0 Å². The standard InChI is InChI=1S/C18H20BrNO/c1-3-13-10-14(19)8-9-16(13)20-18-12(2)11-21-17-7-5-4-6-15(17)18/h4-10,12,18,20H,3,11H2,1-2H3. The zero-order valence-corrected chi connectivity index (χ0v) is 14.0. The number of benzene rings is 2. The molecule has 1 aliphatic rings. The van der Waals surface area contributed by atoms with Crippen molar-refractivity contribution in [1.82, 2.24) is 0 Å². The zero-order valence-electron chi connectivity index (χ0n) is 12.4. The predicted octanol–water partition coefficient (Wildman–Crippen LogP) is 5.19. The quantitative estimate of drug-likeness (QED) is 0.825. The van der Waals surface area contributed by atoms with E-state index in [-0.39, 0.29) is 0 Å². The lowest BCUT2D eigenvalue weighted by atomic mass is 9.91. The maximum absolute atomic E-state index is 5.83. The molecule has 2 aromatic carbocycles. The molecular formula is C18H20BrNO. The highest BCUT2D eigenvalue weighted by Gasteiger charge is 2.27. The fourth-order valence-corrected chi connectivity index (χ4v) is 3.28. The van der Waals surface area contributed by atoms with Gasteiger partial charge in [0.1, 0.15) is 5.75 Å². The van der Waals surface area contributed by atoms with Gasteiger partial charge in [-0.15, -0.1) is 0 Å². The van der Waals surface area contributed by atoms with Crippen molar-refractivity contribution in [2.75, 3.05) is 11.9 Å². The summed E-state index contributed by atoms with van der Waals surface area (Å²) in [6.45, 7) is 5.18.